The first-order chi connectivity index (χ1) is 19.4. The van der Waals surface area contributed by atoms with E-state index in [1.54, 1.807) is 4.90 Å². The molecule has 1 aromatic carbocycles. The van der Waals surface area contributed by atoms with Crippen molar-refractivity contribution in [2.75, 3.05) is 0 Å². The number of piperidine rings is 1. The molecule has 2 heterocycles. The Hall–Kier alpha value is -3.08. The first-order valence-corrected chi connectivity index (χ1v) is 15.4. The quantitative estimate of drug-likeness (QED) is 0.230. The molecule has 0 saturated carbocycles. The molecule has 2 aromatic rings. The molecule has 0 radical (unpaired) electrons. The van der Waals surface area contributed by atoms with Crippen LogP contribution in [0.25, 0.3) is 10.9 Å². The van der Waals surface area contributed by atoms with Crippen LogP contribution in [-0.2, 0) is 20.8 Å². The minimum atomic E-state index is -1.13. The van der Waals surface area contributed by atoms with Crippen molar-refractivity contribution in [3.8, 4) is 0 Å². The number of nitrogens with one attached hydrogen (secondary N) is 4. The highest BCUT2D eigenvalue weighted by molar-refractivity contribution is 9.10. The minimum absolute atomic E-state index is 0.0609. The molecule has 226 valence electrons. The van der Waals surface area contributed by atoms with Gasteiger partial charge in [0.15, 0.2) is 0 Å². The van der Waals surface area contributed by atoms with Crippen molar-refractivity contribution in [2.24, 2.45) is 5.92 Å². The zero-order valence-electron chi connectivity index (χ0n) is 24.6. The van der Waals surface area contributed by atoms with Crippen LogP contribution >= 0.6 is 15.9 Å². The molecule has 0 aliphatic carbocycles. The zero-order chi connectivity index (χ0) is 30.3. The topological polar surface area (TPSA) is 144 Å². The molecule has 3 rings (SSSR count). The van der Waals surface area contributed by atoms with E-state index < -0.39 is 35.9 Å². The molecule has 5 N–H and O–H groups in total. The summed E-state index contributed by atoms with van der Waals surface area (Å²) >= 11 is 3.55. The predicted octanol–water partition coefficient (Wildman–Crippen LogP) is 4.71. The zero-order valence-corrected chi connectivity index (χ0v) is 26.2. The summed E-state index contributed by atoms with van der Waals surface area (Å²) in [7, 11) is 0. The van der Waals surface area contributed by atoms with Gasteiger partial charge in [-0.05, 0) is 79.4 Å². The maximum absolute atomic E-state index is 13.7. The maximum atomic E-state index is 13.7. The number of carbonyl (C=O) groups is 4. The van der Waals surface area contributed by atoms with E-state index in [1.165, 1.54) is 0 Å². The molecule has 0 bridgehead atoms. The van der Waals surface area contributed by atoms with Crippen LogP contribution in [0, 0.1) is 5.92 Å². The third-order valence-electron chi connectivity index (χ3n) is 7.74. The lowest BCUT2D eigenvalue weighted by atomic mass is 9.97. The van der Waals surface area contributed by atoms with E-state index in [-0.39, 0.29) is 36.9 Å². The number of carboxylic acid groups (broad SMARTS) is 1. The summed E-state index contributed by atoms with van der Waals surface area (Å²) in [6.07, 6.45) is 4.19. The molecule has 1 fully saturated rings. The number of carboxylic acids is 1. The number of nitrogens with zero attached hydrogens (tertiary/aromatic N) is 1. The van der Waals surface area contributed by atoms with Gasteiger partial charge >= 0.3 is 12.0 Å². The van der Waals surface area contributed by atoms with Gasteiger partial charge in [-0.1, -0.05) is 45.4 Å². The molecule has 41 heavy (non-hydrogen) atoms. The van der Waals surface area contributed by atoms with Crippen LogP contribution in [0.2, 0.25) is 0 Å². The van der Waals surface area contributed by atoms with Crippen molar-refractivity contribution in [2.45, 2.75) is 110 Å². The Morgan fingerprint density at radius 3 is 2.22 bits per heavy atom. The van der Waals surface area contributed by atoms with Crippen LogP contribution in [0.5, 0.6) is 0 Å². The summed E-state index contributed by atoms with van der Waals surface area (Å²) < 4.78 is 0.675. The number of H-pyrrole nitrogens is 1. The van der Waals surface area contributed by atoms with Crippen molar-refractivity contribution in [1.29, 1.82) is 0 Å². The third-order valence-corrected chi connectivity index (χ3v) is 8.42. The number of aliphatic carboxylic acids is 1. The number of hydrogen-bond acceptors (Lipinski definition) is 4. The summed E-state index contributed by atoms with van der Waals surface area (Å²) in [5, 5.41) is 18.9. The van der Waals surface area contributed by atoms with Crippen LogP contribution in [0.4, 0.5) is 4.79 Å². The summed E-state index contributed by atoms with van der Waals surface area (Å²) in [4.78, 5) is 57.5. The van der Waals surface area contributed by atoms with Crippen LogP contribution in [0.1, 0.15) is 78.7 Å². The van der Waals surface area contributed by atoms with Gasteiger partial charge in [0.2, 0.25) is 11.8 Å². The SMILES string of the molecule is CCC[C@@H](NC(=O)[C@@H](Cc1c(Br)[nH]c2ccccc12)NC(=O)[C@H](CC(C)C)NC(=O)N1[C@H](C)CCC[C@@H]1C)C(=O)O. The summed E-state index contributed by atoms with van der Waals surface area (Å²) in [5.41, 5.74) is 1.65. The first kappa shape index (κ1) is 32.4. The Kier molecular flexibility index (Phi) is 11.6. The third kappa shape index (κ3) is 8.47. The lowest BCUT2D eigenvalue weighted by Crippen LogP contribution is -2.59. The molecule has 11 heteroatoms. The van der Waals surface area contributed by atoms with E-state index in [9.17, 15) is 24.3 Å². The van der Waals surface area contributed by atoms with E-state index >= 15 is 0 Å². The molecular formula is C30H44BrN5O5. The standard InChI is InChI=1S/C30H44BrN5O5/c1-6-10-23(29(39)40)33-28(38)25(16-21-20-13-7-8-14-22(20)32-26(21)31)34-27(37)24(15-17(2)3)35-30(41)36-18(4)11-9-12-19(36)5/h7-8,13-14,17-19,23-25,32H,6,9-12,15-16H2,1-5H3,(H,33,38)(H,34,37)(H,35,41)(H,39,40)/t18-,19+,23-,24+,25-/m1/s1. The van der Waals surface area contributed by atoms with Crippen molar-refractivity contribution >= 4 is 50.6 Å². The van der Waals surface area contributed by atoms with Gasteiger partial charge in [0.1, 0.15) is 18.1 Å². The number of likely N-dealkylation sites (tertiary alicyclic amines) is 1. The average Bonchev–Trinajstić information content (AvgIpc) is 3.21. The Labute approximate surface area is 250 Å². The van der Waals surface area contributed by atoms with E-state index in [2.05, 4.69) is 36.9 Å². The van der Waals surface area contributed by atoms with E-state index in [4.69, 9.17) is 0 Å². The number of halogens is 1. The number of carbonyl (C=O) groups excluding carboxylic acids is 3. The molecule has 1 saturated heterocycles. The van der Waals surface area contributed by atoms with Crippen LogP contribution in [0.3, 0.4) is 0 Å². The van der Waals surface area contributed by atoms with Gasteiger partial charge in [-0.2, -0.15) is 0 Å². The highest BCUT2D eigenvalue weighted by Crippen LogP contribution is 2.28. The van der Waals surface area contributed by atoms with Gasteiger partial charge in [0.05, 0.1) is 4.60 Å². The number of amides is 4. The van der Waals surface area contributed by atoms with Gasteiger partial charge in [-0.3, -0.25) is 9.59 Å². The second kappa shape index (κ2) is 14.7. The normalized spacial score (nSPS) is 19.4. The molecular weight excluding hydrogens is 590 g/mol. The summed E-state index contributed by atoms with van der Waals surface area (Å²) in [6, 6.07) is 4.43. The molecule has 1 aromatic heterocycles. The van der Waals surface area contributed by atoms with E-state index in [0.29, 0.717) is 17.4 Å². The fraction of sp³-hybridized carbons (Fsp3) is 0.600. The Morgan fingerprint density at radius 2 is 1.61 bits per heavy atom. The van der Waals surface area contributed by atoms with Gasteiger partial charge in [-0.15, -0.1) is 0 Å². The van der Waals surface area contributed by atoms with Gasteiger partial charge in [-0.25, -0.2) is 9.59 Å². The Bertz CT molecular complexity index is 1220. The molecule has 0 spiro atoms. The lowest BCUT2D eigenvalue weighted by molar-refractivity contribution is -0.142. The van der Waals surface area contributed by atoms with Crippen LogP contribution < -0.4 is 16.0 Å². The van der Waals surface area contributed by atoms with Crippen molar-refractivity contribution in [3.63, 3.8) is 0 Å². The molecule has 5 atom stereocenters. The van der Waals surface area contributed by atoms with Gasteiger partial charge in [0, 0.05) is 29.4 Å². The average molecular weight is 635 g/mol. The fourth-order valence-corrected chi connectivity index (χ4v) is 6.21. The number of rotatable bonds is 12. The summed E-state index contributed by atoms with van der Waals surface area (Å²) in [6.45, 7) is 9.80. The molecule has 1 aliphatic rings. The number of urea groups is 1. The molecule has 10 nitrogen and oxygen atoms in total. The highest BCUT2D eigenvalue weighted by atomic mass is 79.9. The largest absolute Gasteiger partial charge is 0.480 e. The highest BCUT2D eigenvalue weighted by Gasteiger charge is 2.34. The number of aromatic amines is 1. The smallest absolute Gasteiger partial charge is 0.326 e. The van der Waals surface area contributed by atoms with Crippen molar-refractivity contribution in [3.05, 3.63) is 34.4 Å². The maximum Gasteiger partial charge on any atom is 0.326 e. The molecule has 1 aliphatic heterocycles. The minimum Gasteiger partial charge on any atom is -0.480 e. The van der Waals surface area contributed by atoms with Gasteiger partial charge < -0.3 is 30.9 Å². The number of hydrogen-bond donors (Lipinski definition) is 5. The lowest BCUT2D eigenvalue weighted by Gasteiger charge is -2.39. The van der Waals surface area contributed by atoms with Crippen LogP contribution in [-0.4, -0.2) is 69.0 Å². The van der Waals surface area contributed by atoms with Crippen LogP contribution in [0.15, 0.2) is 28.9 Å². The van der Waals surface area contributed by atoms with Crippen molar-refractivity contribution < 1.29 is 24.3 Å². The van der Waals surface area contributed by atoms with E-state index in [1.807, 2.05) is 58.9 Å². The van der Waals surface area contributed by atoms with E-state index in [0.717, 1.165) is 35.7 Å². The fourth-order valence-electron chi connectivity index (χ4n) is 5.62. The Morgan fingerprint density at radius 1 is 1.00 bits per heavy atom. The first-order valence-electron chi connectivity index (χ1n) is 14.6. The van der Waals surface area contributed by atoms with Gasteiger partial charge in [0.25, 0.3) is 0 Å². The predicted molar refractivity (Wildman–Crippen MR) is 162 cm³/mol. The Balaban J connectivity index is 1.88. The number of fused-ring (bicyclic) bond motifs is 1. The number of benzene rings is 1. The second-order valence-electron chi connectivity index (χ2n) is 11.6. The molecule has 0 unspecified atom stereocenters. The number of aromatic nitrogens is 1. The second-order valence-corrected chi connectivity index (χ2v) is 12.4. The summed E-state index contributed by atoms with van der Waals surface area (Å²) in [5.74, 6) is -2.11. The van der Waals surface area contributed by atoms with Crippen molar-refractivity contribution in [1.82, 2.24) is 25.8 Å². The number of para-hydroxylation sites is 1. The molecule has 4 amide bonds. The monoisotopic (exact) mass is 633 g/mol.